The maximum atomic E-state index is 12.7. The molecule has 4 rings (SSSR count). The van der Waals surface area contributed by atoms with Crippen molar-refractivity contribution >= 4 is 44.8 Å². The van der Waals surface area contributed by atoms with Gasteiger partial charge in [0.15, 0.2) is 0 Å². The minimum atomic E-state index is -3.66. The highest BCUT2D eigenvalue weighted by Gasteiger charge is 2.35. The molecule has 170 valence electrons. The second-order valence-electron chi connectivity index (χ2n) is 7.88. The number of hydrogen-bond donors (Lipinski definition) is 2. The van der Waals surface area contributed by atoms with E-state index in [1.165, 1.54) is 24.3 Å². The zero-order valence-corrected chi connectivity index (χ0v) is 18.9. The molecule has 32 heavy (non-hydrogen) atoms. The summed E-state index contributed by atoms with van der Waals surface area (Å²) in [5.74, 6) is -0.928. The highest BCUT2D eigenvalue weighted by Crippen LogP contribution is 2.27. The van der Waals surface area contributed by atoms with Crippen molar-refractivity contribution in [2.45, 2.75) is 30.3 Å². The minimum Gasteiger partial charge on any atom is -0.377 e. The molecule has 2 saturated heterocycles. The predicted octanol–water partition coefficient (Wildman–Crippen LogP) is 2.79. The highest BCUT2D eigenvalue weighted by molar-refractivity contribution is 7.89. The lowest BCUT2D eigenvalue weighted by atomic mass is 10.1. The Kier molecular flexibility index (Phi) is 6.80. The molecule has 2 N–H and O–H groups in total. The lowest BCUT2D eigenvalue weighted by Gasteiger charge is -2.17. The van der Waals surface area contributed by atoms with E-state index in [1.807, 2.05) is 0 Å². The van der Waals surface area contributed by atoms with E-state index in [1.54, 1.807) is 29.2 Å². The van der Waals surface area contributed by atoms with Crippen LogP contribution in [0.25, 0.3) is 0 Å². The van der Waals surface area contributed by atoms with Crippen LogP contribution in [0.2, 0.25) is 5.02 Å². The van der Waals surface area contributed by atoms with E-state index in [9.17, 15) is 18.0 Å². The summed E-state index contributed by atoms with van der Waals surface area (Å²) in [6, 6.07) is 12.8. The first-order valence-corrected chi connectivity index (χ1v) is 12.3. The molecule has 0 spiro atoms. The Labute approximate surface area is 191 Å². The molecule has 8 nitrogen and oxygen atoms in total. The Morgan fingerprint density at radius 1 is 1.12 bits per heavy atom. The maximum Gasteiger partial charge on any atom is 0.240 e. The standard InChI is InChI=1S/C22H24ClN3O5S/c23-16-3-7-18(8-4-16)26-14-15(12-21(26)27)22(28)25-17-5-9-20(10-6-17)32(29,30)24-13-19-2-1-11-31-19/h3-10,15,19,24H,1-2,11-14H2,(H,25,28)/t15-,19-/m1/s1. The van der Waals surface area contributed by atoms with Crippen LogP contribution in [0.1, 0.15) is 19.3 Å². The molecule has 2 aliphatic heterocycles. The molecule has 0 aromatic heterocycles. The van der Waals surface area contributed by atoms with E-state index < -0.39 is 15.9 Å². The molecule has 2 amide bonds. The first kappa shape index (κ1) is 22.7. The summed E-state index contributed by atoms with van der Waals surface area (Å²) in [6.45, 7) is 1.16. The number of anilines is 2. The third-order valence-electron chi connectivity index (χ3n) is 5.59. The second kappa shape index (κ2) is 9.58. The number of ether oxygens (including phenoxy) is 1. The van der Waals surface area contributed by atoms with Gasteiger partial charge in [0.25, 0.3) is 0 Å². The van der Waals surface area contributed by atoms with Gasteiger partial charge in [0.2, 0.25) is 21.8 Å². The van der Waals surface area contributed by atoms with Crippen molar-refractivity contribution in [3.05, 3.63) is 53.6 Å². The van der Waals surface area contributed by atoms with Crippen LogP contribution in [-0.4, -0.2) is 46.0 Å². The van der Waals surface area contributed by atoms with Crippen molar-refractivity contribution in [1.82, 2.24) is 4.72 Å². The quantitative estimate of drug-likeness (QED) is 0.638. The summed E-state index contributed by atoms with van der Waals surface area (Å²) in [4.78, 5) is 26.7. The van der Waals surface area contributed by atoms with Gasteiger partial charge in [-0.25, -0.2) is 13.1 Å². The van der Waals surface area contributed by atoms with E-state index in [4.69, 9.17) is 16.3 Å². The number of nitrogens with zero attached hydrogens (tertiary/aromatic N) is 1. The molecule has 2 fully saturated rings. The summed E-state index contributed by atoms with van der Waals surface area (Å²) < 4.78 is 32.9. The number of sulfonamides is 1. The first-order chi connectivity index (χ1) is 15.3. The van der Waals surface area contributed by atoms with Gasteiger partial charge in [-0.05, 0) is 61.4 Å². The lowest BCUT2D eigenvalue weighted by molar-refractivity contribution is -0.122. The van der Waals surface area contributed by atoms with Gasteiger partial charge in [0.05, 0.1) is 16.9 Å². The average molecular weight is 478 g/mol. The van der Waals surface area contributed by atoms with Crippen LogP contribution in [0, 0.1) is 5.92 Å². The van der Waals surface area contributed by atoms with Gasteiger partial charge in [-0.15, -0.1) is 0 Å². The zero-order valence-electron chi connectivity index (χ0n) is 17.3. The monoisotopic (exact) mass is 477 g/mol. The van der Waals surface area contributed by atoms with E-state index in [2.05, 4.69) is 10.0 Å². The maximum absolute atomic E-state index is 12.7. The van der Waals surface area contributed by atoms with Gasteiger partial charge >= 0.3 is 0 Å². The average Bonchev–Trinajstić information content (AvgIpc) is 3.43. The van der Waals surface area contributed by atoms with Gasteiger partial charge in [-0.2, -0.15) is 0 Å². The zero-order chi connectivity index (χ0) is 22.7. The Bertz CT molecular complexity index is 1080. The molecule has 2 aromatic carbocycles. The van der Waals surface area contributed by atoms with Crippen molar-refractivity contribution < 1.29 is 22.7 Å². The summed E-state index contributed by atoms with van der Waals surface area (Å²) >= 11 is 5.90. The van der Waals surface area contributed by atoms with Crippen molar-refractivity contribution in [2.75, 3.05) is 29.9 Å². The third-order valence-corrected chi connectivity index (χ3v) is 7.28. The first-order valence-electron chi connectivity index (χ1n) is 10.4. The van der Waals surface area contributed by atoms with Crippen molar-refractivity contribution in [3.63, 3.8) is 0 Å². The number of rotatable bonds is 7. The smallest absolute Gasteiger partial charge is 0.240 e. The summed E-state index contributed by atoms with van der Waals surface area (Å²) in [6.07, 6.45) is 1.79. The van der Waals surface area contributed by atoms with E-state index >= 15 is 0 Å². The van der Waals surface area contributed by atoms with Gasteiger partial charge < -0.3 is 15.0 Å². The Morgan fingerprint density at radius 3 is 2.50 bits per heavy atom. The van der Waals surface area contributed by atoms with Crippen LogP contribution >= 0.6 is 11.6 Å². The highest BCUT2D eigenvalue weighted by atomic mass is 35.5. The molecule has 0 saturated carbocycles. The SMILES string of the molecule is O=C(Nc1ccc(S(=O)(=O)NC[C@H]2CCCO2)cc1)[C@@H]1CC(=O)N(c2ccc(Cl)cc2)C1. The topological polar surface area (TPSA) is 105 Å². The molecule has 2 aromatic rings. The normalized spacial score (nSPS) is 21.2. The molecular weight excluding hydrogens is 454 g/mol. The fourth-order valence-electron chi connectivity index (χ4n) is 3.81. The Morgan fingerprint density at radius 2 is 1.84 bits per heavy atom. The van der Waals surface area contributed by atoms with E-state index in [0.717, 1.165) is 12.8 Å². The molecule has 0 aliphatic carbocycles. The van der Waals surface area contributed by atoms with E-state index in [-0.39, 0.29) is 42.3 Å². The van der Waals surface area contributed by atoms with Gasteiger partial charge in [-0.1, -0.05) is 11.6 Å². The third kappa shape index (κ3) is 5.29. The minimum absolute atomic E-state index is 0.0927. The van der Waals surface area contributed by atoms with Gasteiger partial charge in [-0.3, -0.25) is 9.59 Å². The molecule has 2 aliphatic rings. The number of nitrogens with one attached hydrogen (secondary N) is 2. The molecule has 0 unspecified atom stereocenters. The Hall–Kier alpha value is -2.46. The number of halogens is 1. The fourth-order valence-corrected chi connectivity index (χ4v) is 5.00. The van der Waals surface area contributed by atoms with Crippen molar-refractivity contribution in [1.29, 1.82) is 0 Å². The van der Waals surface area contributed by atoms with Crippen molar-refractivity contribution in [3.8, 4) is 0 Å². The largest absolute Gasteiger partial charge is 0.377 e. The summed E-state index contributed by atoms with van der Waals surface area (Å²) in [7, 11) is -3.66. The molecule has 10 heteroatoms. The molecule has 0 bridgehead atoms. The lowest BCUT2D eigenvalue weighted by Crippen LogP contribution is -2.31. The van der Waals surface area contributed by atoms with Crippen molar-refractivity contribution in [2.24, 2.45) is 5.92 Å². The van der Waals surface area contributed by atoms with Crippen LogP contribution in [0.4, 0.5) is 11.4 Å². The fraction of sp³-hybridized carbons (Fsp3) is 0.364. The second-order valence-corrected chi connectivity index (χ2v) is 10.1. The predicted molar refractivity (Wildman–Crippen MR) is 121 cm³/mol. The van der Waals surface area contributed by atoms with Gasteiger partial charge in [0, 0.05) is 42.5 Å². The molecular formula is C22H24ClN3O5S. The van der Waals surface area contributed by atoms with Crippen LogP contribution in [0.15, 0.2) is 53.4 Å². The summed E-state index contributed by atoms with van der Waals surface area (Å²) in [5, 5.41) is 3.34. The van der Waals surface area contributed by atoms with Crippen LogP contribution in [0.3, 0.4) is 0 Å². The Balaban J connectivity index is 1.34. The molecule has 2 heterocycles. The van der Waals surface area contributed by atoms with Crippen LogP contribution < -0.4 is 14.9 Å². The molecule has 2 atom stereocenters. The number of amides is 2. The number of hydrogen-bond acceptors (Lipinski definition) is 5. The van der Waals surface area contributed by atoms with Crippen LogP contribution in [0.5, 0.6) is 0 Å². The number of carbonyl (C=O) groups excluding carboxylic acids is 2. The number of benzene rings is 2. The van der Waals surface area contributed by atoms with Gasteiger partial charge in [0.1, 0.15) is 0 Å². The molecule has 0 radical (unpaired) electrons. The van der Waals surface area contributed by atoms with Crippen LogP contribution in [-0.2, 0) is 24.3 Å². The van der Waals surface area contributed by atoms with E-state index in [0.29, 0.717) is 23.0 Å². The summed E-state index contributed by atoms with van der Waals surface area (Å²) in [5.41, 5.74) is 1.16. The number of carbonyl (C=O) groups is 2.